The first-order valence-electron chi connectivity index (χ1n) is 7.96. The standard InChI is InChI=1S/C17H20N4O3S/c1-11(22)18-17-20-14-6-7-21(9-15(14)25-17)10-16(23)19-12-4-3-5-13(8-12)24-2/h3-5,8H,6-7,9-10H2,1-2H3,(H,19,23)(H,18,20,22). The van der Waals surface area contributed by atoms with Crippen LogP contribution in [0.25, 0.3) is 0 Å². The van der Waals surface area contributed by atoms with Crippen LogP contribution in [-0.4, -0.2) is 41.9 Å². The van der Waals surface area contributed by atoms with Crippen LogP contribution in [0.4, 0.5) is 10.8 Å². The highest BCUT2D eigenvalue weighted by atomic mass is 32.1. The Morgan fingerprint density at radius 3 is 2.96 bits per heavy atom. The zero-order chi connectivity index (χ0) is 17.8. The highest BCUT2D eigenvalue weighted by Crippen LogP contribution is 2.28. The number of nitrogens with zero attached hydrogens (tertiary/aromatic N) is 2. The first kappa shape index (κ1) is 17.4. The lowest BCUT2D eigenvalue weighted by Crippen LogP contribution is -2.36. The van der Waals surface area contributed by atoms with Gasteiger partial charge in [-0.1, -0.05) is 6.07 Å². The smallest absolute Gasteiger partial charge is 0.238 e. The van der Waals surface area contributed by atoms with E-state index in [1.165, 1.54) is 18.3 Å². The molecule has 0 saturated carbocycles. The molecule has 2 heterocycles. The van der Waals surface area contributed by atoms with Gasteiger partial charge in [-0.3, -0.25) is 14.5 Å². The van der Waals surface area contributed by atoms with Crippen molar-refractivity contribution in [3.63, 3.8) is 0 Å². The van der Waals surface area contributed by atoms with Crippen molar-refractivity contribution in [1.29, 1.82) is 0 Å². The number of amides is 2. The normalized spacial score (nSPS) is 13.8. The summed E-state index contributed by atoms with van der Waals surface area (Å²) in [6.07, 6.45) is 0.776. The van der Waals surface area contributed by atoms with Crippen LogP contribution in [0.3, 0.4) is 0 Å². The van der Waals surface area contributed by atoms with E-state index < -0.39 is 0 Å². The van der Waals surface area contributed by atoms with Crippen LogP contribution in [0, 0.1) is 0 Å². The Hall–Kier alpha value is -2.45. The number of carbonyl (C=O) groups excluding carboxylic acids is 2. The van der Waals surface area contributed by atoms with Gasteiger partial charge < -0.3 is 15.4 Å². The lowest BCUT2D eigenvalue weighted by Gasteiger charge is -2.25. The average molecular weight is 360 g/mol. The van der Waals surface area contributed by atoms with Gasteiger partial charge in [-0.2, -0.15) is 0 Å². The molecular weight excluding hydrogens is 340 g/mol. The summed E-state index contributed by atoms with van der Waals surface area (Å²) >= 11 is 1.47. The lowest BCUT2D eigenvalue weighted by molar-refractivity contribution is -0.117. The van der Waals surface area contributed by atoms with Crippen molar-refractivity contribution in [3.8, 4) is 5.75 Å². The van der Waals surface area contributed by atoms with Crippen LogP contribution >= 0.6 is 11.3 Å². The number of hydrogen-bond donors (Lipinski definition) is 2. The maximum absolute atomic E-state index is 12.3. The summed E-state index contributed by atoms with van der Waals surface area (Å²) in [7, 11) is 1.59. The van der Waals surface area contributed by atoms with Gasteiger partial charge in [0.15, 0.2) is 5.13 Å². The molecule has 132 valence electrons. The Balaban J connectivity index is 1.57. The van der Waals surface area contributed by atoms with Crippen LogP contribution in [0.5, 0.6) is 5.75 Å². The number of carbonyl (C=O) groups is 2. The van der Waals surface area contributed by atoms with Crippen molar-refractivity contribution in [3.05, 3.63) is 34.8 Å². The minimum absolute atomic E-state index is 0.0664. The van der Waals surface area contributed by atoms with E-state index in [0.29, 0.717) is 29.7 Å². The minimum atomic E-state index is -0.124. The predicted octanol–water partition coefficient (Wildman–Crippen LogP) is 2.11. The molecule has 7 nitrogen and oxygen atoms in total. The molecule has 1 aromatic heterocycles. The third-order valence-corrected chi connectivity index (χ3v) is 4.81. The average Bonchev–Trinajstić information content (AvgIpc) is 2.95. The maximum atomic E-state index is 12.3. The zero-order valence-electron chi connectivity index (χ0n) is 14.2. The molecule has 0 fully saturated rings. The van der Waals surface area contributed by atoms with Gasteiger partial charge in [0.2, 0.25) is 11.8 Å². The van der Waals surface area contributed by atoms with Crippen molar-refractivity contribution < 1.29 is 14.3 Å². The number of thiazole rings is 1. The molecule has 0 unspecified atom stereocenters. The van der Waals surface area contributed by atoms with Crippen LogP contribution in [0.1, 0.15) is 17.5 Å². The predicted molar refractivity (Wildman–Crippen MR) is 97.0 cm³/mol. The second-order valence-corrected chi connectivity index (χ2v) is 6.89. The Morgan fingerprint density at radius 2 is 2.20 bits per heavy atom. The lowest BCUT2D eigenvalue weighted by atomic mass is 10.2. The largest absolute Gasteiger partial charge is 0.497 e. The number of aromatic nitrogens is 1. The summed E-state index contributed by atoms with van der Waals surface area (Å²) in [6.45, 7) is 3.21. The van der Waals surface area contributed by atoms with Gasteiger partial charge in [-0.15, -0.1) is 11.3 Å². The Morgan fingerprint density at radius 1 is 1.36 bits per heavy atom. The number of hydrogen-bond acceptors (Lipinski definition) is 6. The van der Waals surface area contributed by atoms with E-state index >= 15 is 0 Å². The minimum Gasteiger partial charge on any atom is -0.497 e. The number of nitrogens with one attached hydrogen (secondary N) is 2. The first-order chi connectivity index (χ1) is 12.0. The van der Waals surface area contributed by atoms with Crippen LogP contribution in [0.2, 0.25) is 0 Å². The summed E-state index contributed by atoms with van der Waals surface area (Å²) in [6, 6.07) is 7.29. The summed E-state index contributed by atoms with van der Waals surface area (Å²) in [5.74, 6) is 0.513. The summed E-state index contributed by atoms with van der Waals surface area (Å²) in [5, 5.41) is 6.23. The molecule has 8 heteroatoms. The molecule has 1 aromatic carbocycles. The fraction of sp³-hybridized carbons (Fsp3) is 0.353. The summed E-state index contributed by atoms with van der Waals surface area (Å²) in [4.78, 5) is 31.0. The molecule has 0 bridgehead atoms. The number of anilines is 2. The second kappa shape index (κ2) is 7.62. The van der Waals surface area contributed by atoms with Gasteiger partial charge in [-0.25, -0.2) is 4.98 Å². The molecule has 3 rings (SSSR count). The number of benzene rings is 1. The van der Waals surface area contributed by atoms with Gasteiger partial charge in [-0.05, 0) is 12.1 Å². The molecule has 2 aromatic rings. The van der Waals surface area contributed by atoms with Gasteiger partial charge in [0.1, 0.15) is 5.75 Å². The topological polar surface area (TPSA) is 83.6 Å². The molecule has 1 aliphatic heterocycles. The molecule has 0 atom stereocenters. The van der Waals surface area contributed by atoms with E-state index in [0.717, 1.165) is 23.5 Å². The van der Waals surface area contributed by atoms with Gasteiger partial charge in [0, 0.05) is 43.1 Å². The van der Waals surface area contributed by atoms with Crippen LogP contribution in [-0.2, 0) is 22.6 Å². The van der Waals surface area contributed by atoms with Crippen molar-refractivity contribution in [2.75, 3.05) is 30.8 Å². The van der Waals surface area contributed by atoms with E-state index in [9.17, 15) is 9.59 Å². The van der Waals surface area contributed by atoms with Gasteiger partial charge >= 0.3 is 0 Å². The molecule has 0 saturated heterocycles. The Labute approximate surface area is 150 Å². The fourth-order valence-electron chi connectivity index (χ4n) is 2.69. The van der Waals surface area contributed by atoms with Crippen molar-refractivity contribution in [1.82, 2.24) is 9.88 Å². The molecule has 25 heavy (non-hydrogen) atoms. The number of rotatable bonds is 5. The highest BCUT2D eigenvalue weighted by Gasteiger charge is 2.22. The molecule has 0 radical (unpaired) electrons. The maximum Gasteiger partial charge on any atom is 0.238 e. The van der Waals surface area contributed by atoms with Crippen molar-refractivity contribution >= 4 is 34.0 Å². The first-order valence-corrected chi connectivity index (χ1v) is 8.77. The van der Waals surface area contributed by atoms with E-state index in [1.54, 1.807) is 13.2 Å². The summed E-state index contributed by atoms with van der Waals surface area (Å²) in [5.41, 5.74) is 1.73. The third kappa shape index (κ3) is 4.55. The molecule has 0 aliphatic carbocycles. The highest BCUT2D eigenvalue weighted by molar-refractivity contribution is 7.15. The van der Waals surface area contributed by atoms with E-state index in [1.807, 2.05) is 18.2 Å². The second-order valence-electron chi connectivity index (χ2n) is 5.81. The van der Waals surface area contributed by atoms with Gasteiger partial charge in [0.25, 0.3) is 0 Å². The van der Waals surface area contributed by atoms with Crippen molar-refractivity contribution in [2.45, 2.75) is 19.9 Å². The third-order valence-electron chi connectivity index (χ3n) is 3.81. The molecule has 2 N–H and O–H groups in total. The quantitative estimate of drug-likeness (QED) is 0.853. The van der Waals surface area contributed by atoms with Crippen LogP contribution in [0.15, 0.2) is 24.3 Å². The van der Waals surface area contributed by atoms with Gasteiger partial charge in [0.05, 0.1) is 19.3 Å². The monoisotopic (exact) mass is 360 g/mol. The van der Waals surface area contributed by atoms with E-state index in [4.69, 9.17) is 4.74 Å². The number of fused-ring (bicyclic) bond motifs is 1. The SMILES string of the molecule is COc1cccc(NC(=O)CN2CCc3nc(NC(C)=O)sc3C2)c1. The van der Waals surface area contributed by atoms with Crippen LogP contribution < -0.4 is 15.4 Å². The van der Waals surface area contributed by atoms with E-state index in [-0.39, 0.29) is 11.8 Å². The van der Waals surface area contributed by atoms with Crippen molar-refractivity contribution in [2.24, 2.45) is 0 Å². The number of methoxy groups -OCH3 is 1. The zero-order valence-corrected chi connectivity index (χ0v) is 15.0. The molecular formula is C17H20N4O3S. The fourth-order valence-corrected chi connectivity index (χ4v) is 3.79. The van der Waals surface area contributed by atoms with E-state index in [2.05, 4.69) is 20.5 Å². The summed E-state index contributed by atoms with van der Waals surface area (Å²) < 4.78 is 5.16. The Kier molecular flexibility index (Phi) is 5.30. The Bertz CT molecular complexity index is 790. The molecule has 1 aliphatic rings. The molecule has 0 spiro atoms. The molecule has 2 amide bonds. The number of ether oxygens (including phenoxy) is 1.